The molecule has 1 heterocycles. The second-order valence-electron chi connectivity index (χ2n) is 5.49. The number of carbonyl (C=O) groups excluding carboxylic acids is 1. The van der Waals surface area contributed by atoms with E-state index in [-0.39, 0.29) is 11.5 Å². The number of ether oxygens (including phenoxy) is 2. The molecule has 2 aromatic rings. The van der Waals surface area contributed by atoms with Gasteiger partial charge in [0.25, 0.3) is 0 Å². The van der Waals surface area contributed by atoms with Gasteiger partial charge in [-0.2, -0.15) is 0 Å². The summed E-state index contributed by atoms with van der Waals surface area (Å²) in [5, 5.41) is 0.800. The molecule has 24 heavy (non-hydrogen) atoms. The van der Waals surface area contributed by atoms with Crippen molar-refractivity contribution < 1.29 is 14.3 Å². The van der Waals surface area contributed by atoms with Gasteiger partial charge in [0.05, 0.1) is 15.6 Å². The van der Waals surface area contributed by atoms with Gasteiger partial charge >= 0.3 is 0 Å². The predicted molar refractivity (Wildman–Crippen MR) is 96.1 cm³/mol. The van der Waals surface area contributed by atoms with Gasteiger partial charge in [-0.05, 0) is 42.3 Å². The lowest BCUT2D eigenvalue weighted by molar-refractivity contribution is 0.101. The lowest BCUT2D eigenvalue weighted by atomic mass is 10.1. The minimum Gasteiger partial charge on any atom is -0.489 e. The Kier molecular flexibility index (Phi) is 4.65. The summed E-state index contributed by atoms with van der Waals surface area (Å²) in [5.74, 6) is 1.08. The Labute approximate surface area is 150 Å². The van der Waals surface area contributed by atoms with E-state index in [4.69, 9.17) is 32.7 Å². The second-order valence-corrected chi connectivity index (χ2v) is 6.27. The SMILES string of the molecule is C=C(C)COc1ccc2c(c1)OC(=Cc1cccc(Cl)c1Cl)C2=O. The summed E-state index contributed by atoms with van der Waals surface area (Å²) in [6.07, 6.45) is 1.59. The van der Waals surface area contributed by atoms with Crippen molar-refractivity contribution in [2.45, 2.75) is 6.92 Å². The van der Waals surface area contributed by atoms with E-state index in [1.807, 2.05) is 6.92 Å². The van der Waals surface area contributed by atoms with E-state index in [0.717, 1.165) is 5.57 Å². The average molecular weight is 361 g/mol. The Bertz CT molecular complexity index is 869. The number of fused-ring (bicyclic) bond motifs is 1. The summed E-state index contributed by atoms with van der Waals surface area (Å²) in [5.41, 5.74) is 2.02. The van der Waals surface area contributed by atoms with Crippen LogP contribution in [0, 0.1) is 0 Å². The molecular weight excluding hydrogens is 347 g/mol. The Morgan fingerprint density at radius 3 is 2.83 bits per heavy atom. The van der Waals surface area contributed by atoms with Crippen molar-refractivity contribution in [3.05, 3.63) is 75.5 Å². The molecule has 0 aliphatic carbocycles. The summed E-state index contributed by atoms with van der Waals surface area (Å²) in [6.45, 7) is 6.07. The third-order valence-corrected chi connectivity index (χ3v) is 4.23. The van der Waals surface area contributed by atoms with Gasteiger partial charge in [0.15, 0.2) is 5.76 Å². The van der Waals surface area contributed by atoms with Gasteiger partial charge in [0, 0.05) is 6.07 Å². The van der Waals surface area contributed by atoms with Crippen LogP contribution in [0.25, 0.3) is 6.08 Å². The highest BCUT2D eigenvalue weighted by molar-refractivity contribution is 6.43. The third kappa shape index (κ3) is 3.32. The fourth-order valence-electron chi connectivity index (χ4n) is 2.24. The Morgan fingerprint density at radius 2 is 2.08 bits per heavy atom. The van der Waals surface area contributed by atoms with E-state index >= 15 is 0 Å². The highest BCUT2D eigenvalue weighted by atomic mass is 35.5. The zero-order valence-electron chi connectivity index (χ0n) is 12.9. The molecule has 3 nitrogen and oxygen atoms in total. The van der Waals surface area contributed by atoms with E-state index in [1.54, 1.807) is 42.5 Å². The molecule has 122 valence electrons. The number of allylic oxidation sites excluding steroid dienone is 1. The molecule has 0 fully saturated rings. The molecule has 0 aromatic heterocycles. The molecule has 1 aliphatic rings. The van der Waals surface area contributed by atoms with Crippen LogP contribution in [0.15, 0.2) is 54.3 Å². The van der Waals surface area contributed by atoms with E-state index in [2.05, 4.69) is 6.58 Å². The van der Waals surface area contributed by atoms with Crippen LogP contribution in [0.3, 0.4) is 0 Å². The van der Waals surface area contributed by atoms with E-state index < -0.39 is 0 Å². The van der Waals surface area contributed by atoms with Crippen LogP contribution in [-0.2, 0) is 0 Å². The average Bonchev–Trinajstić information content (AvgIpc) is 2.85. The molecule has 0 N–H and O–H groups in total. The van der Waals surface area contributed by atoms with Gasteiger partial charge in [-0.1, -0.05) is 41.9 Å². The molecule has 1 aliphatic heterocycles. The first-order valence-corrected chi connectivity index (χ1v) is 8.01. The number of benzene rings is 2. The summed E-state index contributed by atoms with van der Waals surface area (Å²) >= 11 is 12.2. The molecule has 0 spiro atoms. The van der Waals surface area contributed by atoms with Crippen LogP contribution >= 0.6 is 23.2 Å². The van der Waals surface area contributed by atoms with Gasteiger partial charge in [0.2, 0.25) is 5.78 Å². The number of hydrogen-bond acceptors (Lipinski definition) is 3. The fourth-order valence-corrected chi connectivity index (χ4v) is 2.60. The zero-order valence-corrected chi connectivity index (χ0v) is 14.4. The van der Waals surface area contributed by atoms with Crippen molar-refractivity contribution in [1.82, 2.24) is 0 Å². The van der Waals surface area contributed by atoms with Crippen molar-refractivity contribution >= 4 is 35.1 Å². The summed E-state index contributed by atoms with van der Waals surface area (Å²) in [6, 6.07) is 10.3. The lowest BCUT2D eigenvalue weighted by Gasteiger charge is -2.06. The molecule has 0 bridgehead atoms. The largest absolute Gasteiger partial charge is 0.489 e. The van der Waals surface area contributed by atoms with Crippen molar-refractivity contribution in [3.63, 3.8) is 0 Å². The van der Waals surface area contributed by atoms with Gasteiger partial charge in [0.1, 0.15) is 18.1 Å². The number of halogens is 2. The monoisotopic (exact) mass is 360 g/mol. The van der Waals surface area contributed by atoms with Gasteiger partial charge in [-0.25, -0.2) is 0 Å². The third-order valence-electron chi connectivity index (χ3n) is 3.39. The maximum Gasteiger partial charge on any atom is 0.231 e. The van der Waals surface area contributed by atoms with Crippen LogP contribution in [0.4, 0.5) is 0 Å². The standard InChI is InChI=1S/C19H14Cl2O3/c1-11(2)10-23-13-6-7-14-16(9-13)24-17(19(14)22)8-12-4-3-5-15(20)18(12)21/h3-9H,1,10H2,2H3. The van der Waals surface area contributed by atoms with Crippen LogP contribution < -0.4 is 9.47 Å². The van der Waals surface area contributed by atoms with Gasteiger partial charge < -0.3 is 9.47 Å². The number of ketones is 1. The van der Waals surface area contributed by atoms with E-state index in [1.165, 1.54) is 0 Å². The number of rotatable bonds is 4. The molecule has 0 atom stereocenters. The Hall–Kier alpha value is -2.23. The van der Waals surface area contributed by atoms with Gasteiger partial charge in [-0.15, -0.1) is 0 Å². The normalized spacial score (nSPS) is 14.5. The highest BCUT2D eigenvalue weighted by Crippen LogP contribution is 2.36. The smallest absolute Gasteiger partial charge is 0.231 e. The molecule has 0 amide bonds. The van der Waals surface area contributed by atoms with Crippen molar-refractivity contribution in [2.24, 2.45) is 0 Å². The molecule has 5 heteroatoms. The van der Waals surface area contributed by atoms with Crippen molar-refractivity contribution in [3.8, 4) is 11.5 Å². The Balaban J connectivity index is 1.89. The molecule has 3 rings (SSSR count). The van der Waals surface area contributed by atoms with E-state index in [0.29, 0.717) is 39.3 Å². The first-order chi connectivity index (χ1) is 11.5. The predicted octanol–water partition coefficient (Wildman–Crippen LogP) is 5.56. The first kappa shape index (κ1) is 16.6. The maximum atomic E-state index is 12.5. The zero-order chi connectivity index (χ0) is 17.3. The van der Waals surface area contributed by atoms with Crippen molar-refractivity contribution in [2.75, 3.05) is 6.61 Å². The minimum absolute atomic E-state index is 0.200. The van der Waals surface area contributed by atoms with Crippen LogP contribution in [0.1, 0.15) is 22.8 Å². The van der Waals surface area contributed by atoms with Crippen LogP contribution in [0.2, 0.25) is 10.0 Å². The quantitative estimate of drug-likeness (QED) is 0.528. The summed E-state index contributed by atoms with van der Waals surface area (Å²) in [4.78, 5) is 12.5. The topological polar surface area (TPSA) is 35.5 Å². The van der Waals surface area contributed by atoms with Crippen LogP contribution in [-0.4, -0.2) is 12.4 Å². The van der Waals surface area contributed by atoms with Crippen molar-refractivity contribution in [1.29, 1.82) is 0 Å². The molecule has 0 saturated carbocycles. The second kappa shape index (κ2) is 6.71. The number of hydrogen-bond donors (Lipinski definition) is 0. The Morgan fingerprint density at radius 1 is 1.29 bits per heavy atom. The minimum atomic E-state index is -0.201. The fraction of sp³-hybridized carbons (Fsp3) is 0.105. The molecular formula is C19H14Cl2O3. The number of carbonyl (C=O) groups is 1. The molecule has 0 unspecified atom stereocenters. The van der Waals surface area contributed by atoms with Crippen LogP contribution in [0.5, 0.6) is 11.5 Å². The summed E-state index contributed by atoms with van der Waals surface area (Å²) < 4.78 is 11.2. The van der Waals surface area contributed by atoms with E-state index in [9.17, 15) is 4.79 Å². The van der Waals surface area contributed by atoms with Gasteiger partial charge in [-0.3, -0.25) is 4.79 Å². The number of Topliss-reactive ketones (excluding diaryl/α,β-unsaturated/α-hetero) is 1. The summed E-state index contributed by atoms with van der Waals surface area (Å²) in [7, 11) is 0. The highest BCUT2D eigenvalue weighted by Gasteiger charge is 2.28. The molecule has 2 aromatic carbocycles. The molecule has 0 saturated heterocycles. The molecule has 0 radical (unpaired) electrons. The lowest BCUT2D eigenvalue weighted by Crippen LogP contribution is -1.98. The maximum absolute atomic E-state index is 12.5. The first-order valence-electron chi connectivity index (χ1n) is 7.25.